The predicted octanol–water partition coefficient (Wildman–Crippen LogP) is 2.97. The highest BCUT2D eigenvalue weighted by Crippen LogP contribution is 2.38. The summed E-state index contributed by atoms with van der Waals surface area (Å²) in [6, 6.07) is 6.97. The van der Waals surface area contributed by atoms with Gasteiger partial charge in [0.05, 0.1) is 12.8 Å². The number of nitrogens with one attached hydrogen (secondary N) is 1. The van der Waals surface area contributed by atoms with E-state index < -0.39 is 0 Å². The highest BCUT2D eigenvalue weighted by atomic mass is 16.5. The van der Waals surface area contributed by atoms with E-state index in [-0.39, 0.29) is 5.54 Å². The Hall–Kier alpha value is -1.22. The van der Waals surface area contributed by atoms with Crippen LogP contribution in [0.3, 0.4) is 0 Å². The van der Waals surface area contributed by atoms with E-state index >= 15 is 0 Å². The maximum absolute atomic E-state index is 5.55. The Morgan fingerprint density at radius 1 is 1.37 bits per heavy atom. The van der Waals surface area contributed by atoms with Crippen molar-refractivity contribution in [1.29, 1.82) is 0 Å². The summed E-state index contributed by atoms with van der Waals surface area (Å²) in [6.07, 6.45) is 2.42. The molecular weight excluding hydrogens is 236 g/mol. The van der Waals surface area contributed by atoms with E-state index in [0.717, 1.165) is 12.3 Å². The van der Waals surface area contributed by atoms with Crippen molar-refractivity contribution >= 4 is 5.69 Å². The Morgan fingerprint density at radius 2 is 2.11 bits per heavy atom. The van der Waals surface area contributed by atoms with Gasteiger partial charge in [-0.15, -0.1) is 0 Å². The van der Waals surface area contributed by atoms with Gasteiger partial charge in [0.15, 0.2) is 0 Å². The Bertz CT molecular complexity index is 442. The minimum atomic E-state index is 0.175. The highest BCUT2D eigenvalue weighted by Gasteiger charge is 2.35. The van der Waals surface area contributed by atoms with Gasteiger partial charge in [0.25, 0.3) is 0 Å². The molecule has 2 rings (SSSR count). The number of piperidine rings is 1. The molecule has 1 aromatic carbocycles. The largest absolute Gasteiger partial charge is 0.495 e. The van der Waals surface area contributed by atoms with Crippen LogP contribution in [0.2, 0.25) is 0 Å². The number of likely N-dealkylation sites (N-methyl/N-ethyl adjacent to an activating group) is 1. The fraction of sp³-hybridized carbons (Fsp3) is 0.625. The molecule has 0 saturated carbocycles. The molecule has 1 unspecified atom stereocenters. The first-order valence-electron chi connectivity index (χ1n) is 7.07. The quantitative estimate of drug-likeness (QED) is 0.906. The van der Waals surface area contributed by atoms with E-state index in [9.17, 15) is 0 Å². The summed E-state index contributed by atoms with van der Waals surface area (Å²) < 4.78 is 5.55. The lowest BCUT2D eigenvalue weighted by atomic mass is 9.87. The van der Waals surface area contributed by atoms with Gasteiger partial charge >= 0.3 is 0 Å². The van der Waals surface area contributed by atoms with Crippen LogP contribution in [0.25, 0.3) is 0 Å². The lowest BCUT2D eigenvalue weighted by Gasteiger charge is -2.47. The maximum atomic E-state index is 5.55. The topological polar surface area (TPSA) is 24.5 Å². The second kappa shape index (κ2) is 5.41. The molecular formula is C16H26N2O. The molecule has 0 aromatic heterocycles. The Morgan fingerprint density at radius 3 is 2.74 bits per heavy atom. The number of rotatable bonds is 3. The van der Waals surface area contributed by atoms with Gasteiger partial charge in [0.1, 0.15) is 5.75 Å². The third kappa shape index (κ3) is 2.86. The average Bonchev–Trinajstić information content (AvgIpc) is 2.38. The van der Waals surface area contributed by atoms with E-state index in [4.69, 9.17) is 4.74 Å². The van der Waals surface area contributed by atoms with E-state index in [1.165, 1.54) is 24.1 Å². The first-order valence-corrected chi connectivity index (χ1v) is 7.07. The first-order chi connectivity index (χ1) is 8.97. The second-order valence-corrected chi connectivity index (χ2v) is 6.12. The van der Waals surface area contributed by atoms with Crippen LogP contribution in [0.1, 0.15) is 32.3 Å². The third-order valence-corrected chi connectivity index (χ3v) is 4.27. The summed E-state index contributed by atoms with van der Waals surface area (Å²) >= 11 is 0. The van der Waals surface area contributed by atoms with Crippen molar-refractivity contribution in [2.45, 2.75) is 45.2 Å². The van der Waals surface area contributed by atoms with Gasteiger partial charge in [-0.2, -0.15) is 0 Å². The summed E-state index contributed by atoms with van der Waals surface area (Å²) in [5.74, 6) is 0.968. The van der Waals surface area contributed by atoms with Crippen LogP contribution in [-0.4, -0.2) is 32.3 Å². The van der Waals surface area contributed by atoms with E-state index in [2.05, 4.69) is 56.2 Å². The number of methoxy groups -OCH3 is 1. The van der Waals surface area contributed by atoms with Crippen molar-refractivity contribution in [3.63, 3.8) is 0 Å². The van der Waals surface area contributed by atoms with E-state index in [1.54, 1.807) is 7.11 Å². The van der Waals surface area contributed by atoms with Gasteiger partial charge in [0.2, 0.25) is 0 Å². The highest BCUT2D eigenvalue weighted by molar-refractivity contribution is 5.62. The van der Waals surface area contributed by atoms with Crippen molar-refractivity contribution in [3.05, 3.63) is 23.8 Å². The summed E-state index contributed by atoms with van der Waals surface area (Å²) in [5, 5.41) is 3.41. The summed E-state index contributed by atoms with van der Waals surface area (Å²) in [5.41, 5.74) is 2.67. The molecule has 0 bridgehead atoms. The molecule has 3 heteroatoms. The number of ether oxygens (including phenoxy) is 1. The Labute approximate surface area is 116 Å². The second-order valence-electron chi connectivity index (χ2n) is 6.12. The molecule has 1 aliphatic rings. The molecule has 0 aliphatic carbocycles. The van der Waals surface area contributed by atoms with Crippen LogP contribution in [0.4, 0.5) is 5.69 Å². The number of benzene rings is 1. The van der Waals surface area contributed by atoms with Crippen LogP contribution in [0, 0.1) is 6.92 Å². The van der Waals surface area contributed by atoms with Crippen LogP contribution < -0.4 is 15.0 Å². The number of anilines is 1. The average molecular weight is 262 g/mol. The van der Waals surface area contributed by atoms with Crippen LogP contribution in [0.15, 0.2) is 18.2 Å². The fourth-order valence-electron chi connectivity index (χ4n) is 2.89. The Kier molecular flexibility index (Phi) is 4.04. The van der Waals surface area contributed by atoms with Gasteiger partial charge in [-0.05, 0) is 58.4 Å². The first kappa shape index (κ1) is 14.2. The molecule has 0 amide bonds. The summed E-state index contributed by atoms with van der Waals surface area (Å²) in [4.78, 5) is 2.49. The maximum Gasteiger partial charge on any atom is 0.142 e. The molecule has 106 valence electrons. The lowest BCUT2D eigenvalue weighted by Crippen LogP contribution is -2.55. The number of hydrogen-bond donors (Lipinski definition) is 1. The zero-order valence-electron chi connectivity index (χ0n) is 12.8. The number of aryl methyl sites for hydroxylation is 1. The summed E-state index contributed by atoms with van der Waals surface area (Å²) in [6.45, 7) is 7.81. The molecule has 1 N–H and O–H groups in total. The van der Waals surface area contributed by atoms with Crippen LogP contribution in [0.5, 0.6) is 5.75 Å². The van der Waals surface area contributed by atoms with Gasteiger partial charge in [0, 0.05) is 18.1 Å². The number of nitrogens with zero attached hydrogens (tertiary/aromatic N) is 1. The minimum absolute atomic E-state index is 0.175. The molecule has 19 heavy (non-hydrogen) atoms. The molecule has 1 aliphatic heterocycles. The van der Waals surface area contributed by atoms with Crippen molar-refractivity contribution in [1.82, 2.24) is 5.32 Å². The molecule has 1 aromatic rings. The van der Waals surface area contributed by atoms with Crippen LogP contribution in [-0.2, 0) is 0 Å². The molecule has 0 radical (unpaired) electrons. The smallest absolute Gasteiger partial charge is 0.142 e. The molecule has 1 atom stereocenters. The van der Waals surface area contributed by atoms with Gasteiger partial charge in [-0.3, -0.25) is 0 Å². The van der Waals surface area contributed by atoms with Crippen LogP contribution >= 0.6 is 0 Å². The molecule has 0 spiro atoms. The van der Waals surface area contributed by atoms with Crippen molar-refractivity contribution in [3.8, 4) is 5.75 Å². The molecule has 1 saturated heterocycles. The summed E-state index contributed by atoms with van der Waals surface area (Å²) in [7, 11) is 3.80. The van der Waals surface area contributed by atoms with Gasteiger partial charge < -0.3 is 15.0 Å². The molecule has 1 fully saturated rings. The standard InChI is InChI=1S/C16H26N2O/c1-12-6-7-15(19-5)14(10-12)18-11-13(17-4)8-9-16(18,2)3/h6-7,10,13,17H,8-9,11H2,1-5H3. The van der Waals surface area contributed by atoms with Gasteiger partial charge in [-0.1, -0.05) is 6.07 Å². The van der Waals surface area contributed by atoms with Crippen molar-refractivity contribution in [2.24, 2.45) is 0 Å². The normalized spacial score (nSPS) is 22.4. The third-order valence-electron chi connectivity index (χ3n) is 4.27. The molecule has 3 nitrogen and oxygen atoms in total. The molecule has 1 heterocycles. The van der Waals surface area contributed by atoms with Gasteiger partial charge in [-0.25, -0.2) is 0 Å². The number of hydrogen-bond acceptors (Lipinski definition) is 3. The Balaban J connectivity index is 2.39. The monoisotopic (exact) mass is 262 g/mol. The lowest BCUT2D eigenvalue weighted by molar-refractivity contribution is 0.309. The van der Waals surface area contributed by atoms with E-state index in [0.29, 0.717) is 6.04 Å². The predicted molar refractivity (Wildman–Crippen MR) is 81.2 cm³/mol. The zero-order valence-corrected chi connectivity index (χ0v) is 12.8. The van der Waals surface area contributed by atoms with Crippen molar-refractivity contribution in [2.75, 3.05) is 25.6 Å². The fourth-order valence-corrected chi connectivity index (χ4v) is 2.89. The van der Waals surface area contributed by atoms with Crippen molar-refractivity contribution < 1.29 is 4.74 Å². The SMILES string of the molecule is CNC1CCC(C)(C)N(c2cc(C)ccc2OC)C1. The van der Waals surface area contributed by atoms with E-state index in [1.807, 2.05) is 0 Å². The zero-order chi connectivity index (χ0) is 14.0. The minimum Gasteiger partial charge on any atom is -0.495 e.